The first-order valence-corrected chi connectivity index (χ1v) is 12.1. The minimum atomic E-state index is -1.38. The molecule has 38 heavy (non-hydrogen) atoms. The van der Waals surface area contributed by atoms with E-state index in [2.05, 4.69) is 10.6 Å². The van der Waals surface area contributed by atoms with Gasteiger partial charge in [0.15, 0.2) is 0 Å². The summed E-state index contributed by atoms with van der Waals surface area (Å²) in [7, 11) is 0. The Kier molecular flexibility index (Phi) is 11.0. The van der Waals surface area contributed by atoms with E-state index in [1.54, 1.807) is 12.1 Å². The fourth-order valence-corrected chi connectivity index (χ4v) is 4.10. The summed E-state index contributed by atoms with van der Waals surface area (Å²) >= 11 is 0. The molecule has 1 aliphatic rings. The summed E-state index contributed by atoms with van der Waals surface area (Å²) in [6, 6.07) is 1.07. The lowest BCUT2D eigenvalue weighted by Crippen LogP contribution is -2.57. The molecule has 0 bridgehead atoms. The average Bonchev–Trinajstić information content (AvgIpc) is 3.35. The molecule has 1 fully saturated rings. The monoisotopic (exact) mass is 535 g/mol. The minimum absolute atomic E-state index is 0.0329. The van der Waals surface area contributed by atoms with Crippen LogP contribution in [0.1, 0.15) is 44.1 Å². The van der Waals surface area contributed by atoms with Crippen LogP contribution in [0.2, 0.25) is 0 Å². The van der Waals surface area contributed by atoms with Gasteiger partial charge in [-0.25, -0.2) is 4.79 Å². The van der Waals surface area contributed by atoms with E-state index in [0.29, 0.717) is 12.0 Å². The van der Waals surface area contributed by atoms with E-state index in [0.717, 1.165) is 4.90 Å². The molecule has 14 nitrogen and oxygen atoms in total. The van der Waals surface area contributed by atoms with Crippen molar-refractivity contribution in [1.29, 1.82) is 0 Å². The molecule has 1 aromatic rings. The second-order valence-corrected chi connectivity index (χ2v) is 9.06. The van der Waals surface area contributed by atoms with E-state index in [-0.39, 0.29) is 44.4 Å². The number of hydrogen-bond donors (Lipinski definition) is 7. The standard InChI is InChI=1S/C24H33N5O9/c25-15(12-13-3-5-14(30)6-4-13)21(34)27-16(7-9-19(26)31)22(35)28-17(8-10-20(32)33)23(36)29-11-1-2-18(29)24(37)38/h3-6,15-18,30H,1-2,7-12,25H2,(H2,26,31)(H,27,34)(H,28,35)(H,32,33)(H,37,38). The third-order valence-electron chi connectivity index (χ3n) is 6.12. The fourth-order valence-electron chi connectivity index (χ4n) is 4.10. The van der Waals surface area contributed by atoms with Crippen LogP contribution in [0.15, 0.2) is 24.3 Å². The lowest BCUT2D eigenvalue weighted by molar-refractivity contribution is -0.150. The molecule has 4 amide bonds. The van der Waals surface area contributed by atoms with Crippen LogP contribution in [-0.2, 0) is 35.2 Å². The number of nitrogens with two attached hydrogens (primary N) is 2. The molecule has 1 heterocycles. The Morgan fingerprint density at radius 2 is 1.55 bits per heavy atom. The number of likely N-dealkylation sites (tertiary alicyclic amines) is 1. The number of rotatable bonds is 14. The van der Waals surface area contributed by atoms with Gasteiger partial charge in [-0.1, -0.05) is 12.1 Å². The minimum Gasteiger partial charge on any atom is -0.508 e. The van der Waals surface area contributed by atoms with E-state index in [9.17, 15) is 39.0 Å². The van der Waals surface area contributed by atoms with Crippen molar-refractivity contribution in [1.82, 2.24) is 15.5 Å². The molecule has 0 saturated carbocycles. The number of hydrogen-bond acceptors (Lipinski definition) is 8. The molecule has 0 aromatic heterocycles. The van der Waals surface area contributed by atoms with Crippen molar-refractivity contribution < 1.29 is 44.1 Å². The van der Waals surface area contributed by atoms with Gasteiger partial charge < -0.3 is 42.3 Å². The van der Waals surface area contributed by atoms with Gasteiger partial charge in [-0.2, -0.15) is 0 Å². The number of amides is 4. The van der Waals surface area contributed by atoms with Crippen molar-refractivity contribution in [2.24, 2.45) is 11.5 Å². The van der Waals surface area contributed by atoms with Gasteiger partial charge in [0.2, 0.25) is 23.6 Å². The normalized spacial score (nSPS) is 17.2. The number of carbonyl (C=O) groups is 6. The summed E-state index contributed by atoms with van der Waals surface area (Å²) in [5.74, 6) is -5.53. The molecule has 1 aliphatic heterocycles. The van der Waals surface area contributed by atoms with E-state index in [4.69, 9.17) is 16.6 Å². The number of primary amides is 1. The number of benzene rings is 1. The summed E-state index contributed by atoms with van der Waals surface area (Å²) in [5.41, 5.74) is 11.8. The highest BCUT2D eigenvalue weighted by Gasteiger charge is 2.38. The molecule has 0 aliphatic carbocycles. The van der Waals surface area contributed by atoms with Crippen LogP contribution in [0.3, 0.4) is 0 Å². The number of carbonyl (C=O) groups excluding carboxylic acids is 4. The number of aliphatic carboxylic acids is 2. The maximum absolute atomic E-state index is 13.1. The summed E-state index contributed by atoms with van der Waals surface area (Å²) in [5, 5.41) is 32.7. The smallest absolute Gasteiger partial charge is 0.326 e. The molecule has 0 spiro atoms. The largest absolute Gasteiger partial charge is 0.508 e. The highest BCUT2D eigenvalue weighted by atomic mass is 16.4. The van der Waals surface area contributed by atoms with Crippen molar-refractivity contribution >= 4 is 35.6 Å². The molecule has 14 heteroatoms. The molecule has 4 unspecified atom stereocenters. The second kappa shape index (κ2) is 13.9. The van der Waals surface area contributed by atoms with Crippen LogP contribution in [0, 0.1) is 0 Å². The van der Waals surface area contributed by atoms with Gasteiger partial charge in [-0.15, -0.1) is 0 Å². The summed E-state index contributed by atoms with van der Waals surface area (Å²) in [6.07, 6.45) is -0.596. The van der Waals surface area contributed by atoms with Crippen molar-refractivity contribution in [3.8, 4) is 5.75 Å². The van der Waals surface area contributed by atoms with Gasteiger partial charge in [-0.05, 0) is 49.8 Å². The first-order chi connectivity index (χ1) is 17.9. The Hall–Kier alpha value is -4.20. The Labute approximate surface area is 218 Å². The Morgan fingerprint density at radius 1 is 0.947 bits per heavy atom. The van der Waals surface area contributed by atoms with E-state index in [1.807, 2.05) is 0 Å². The molecule has 2 rings (SSSR count). The van der Waals surface area contributed by atoms with Crippen LogP contribution in [0.5, 0.6) is 5.75 Å². The van der Waals surface area contributed by atoms with Crippen molar-refractivity contribution in [2.45, 2.75) is 69.1 Å². The lowest BCUT2D eigenvalue weighted by Gasteiger charge is -2.28. The molecule has 1 saturated heterocycles. The molecule has 0 radical (unpaired) electrons. The molecule has 4 atom stereocenters. The molecule has 208 valence electrons. The van der Waals surface area contributed by atoms with Gasteiger partial charge in [0.05, 0.1) is 6.04 Å². The van der Waals surface area contributed by atoms with Crippen LogP contribution in [-0.4, -0.2) is 86.5 Å². The average molecular weight is 536 g/mol. The van der Waals surface area contributed by atoms with Crippen LogP contribution >= 0.6 is 0 Å². The first-order valence-electron chi connectivity index (χ1n) is 12.1. The van der Waals surface area contributed by atoms with E-state index < -0.39 is 66.2 Å². The third kappa shape index (κ3) is 9.03. The Morgan fingerprint density at radius 3 is 2.13 bits per heavy atom. The molecule has 9 N–H and O–H groups in total. The number of phenols is 1. The number of phenolic OH excluding ortho intramolecular Hbond substituents is 1. The predicted octanol–water partition coefficient (Wildman–Crippen LogP) is -1.56. The van der Waals surface area contributed by atoms with Crippen LogP contribution < -0.4 is 22.1 Å². The van der Waals surface area contributed by atoms with Gasteiger partial charge in [0.25, 0.3) is 0 Å². The maximum atomic E-state index is 13.1. The quantitative estimate of drug-likeness (QED) is 0.144. The number of nitrogens with zero attached hydrogens (tertiary/aromatic N) is 1. The van der Waals surface area contributed by atoms with Gasteiger partial charge in [-0.3, -0.25) is 24.0 Å². The van der Waals surface area contributed by atoms with E-state index in [1.165, 1.54) is 12.1 Å². The predicted molar refractivity (Wildman–Crippen MR) is 131 cm³/mol. The molecular formula is C24H33N5O9. The first kappa shape index (κ1) is 30.0. The highest BCUT2D eigenvalue weighted by Crippen LogP contribution is 2.20. The zero-order chi connectivity index (χ0) is 28.4. The third-order valence-corrected chi connectivity index (χ3v) is 6.12. The van der Waals surface area contributed by atoms with Gasteiger partial charge >= 0.3 is 11.9 Å². The number of carboxylic acid groups (broad SMARTS) is 2. The van der Waals surface area contributed by atoms with Gasteiger partial charge in [0, 0.05) is 19.4 Å². The summed E-state index contributed by atoms with van der Waals surface area (Å²) in [4.78, 5) is 74.1. The maximum Gasteiger partial charge on any atom is 0.326 e. The topological polar surface area (TPSA) is 242 Å². The Bertz CT molecular complexity index is 1050. The molecule has 1 aromatic carbocycles. The zero-order valence-electron chi connectivity index (χ0n) is 20.7. The number of carboxylic acids is 2. The highest BCUT2D eigenvalue weighted by molar-refractivity contribution is 5.94. The van der Waals surface area contributed by atoms with Crippen molar-refractivity contribution in [3.63, 3.8) is 0 Å². The Balaban J connectivity index is 2.16. The zero-order valence-corrected chi connectivity index (χ0v) is 20.7. The van der Waals surface area contributed by atoms with Crippen LogP contribution in [0.25, 0.3) is 0 Å². The molecular weight excluding hydrogens is 502 g/mol. The van der Waals surface area contributed by atoms with Crippen LogP contribution in [0.4, 0.5) is 0 Å². The van der Waals surface area contributed by atoms with E-state index >= 15 is 0 Å². The van der Waals surface area contributed by atoms with Crippen molar-refractivity contribution in [2.75, 3.05) is 6.54 Å². The number of aromatic hydroxyl groups is 1. The lowest BCUT2D eigenvalue weighted by atomic mass is 10.0. The second-order valence-electron chi connectivity index (χ2n) is 9.06. The fraction of sp³-hybridized carbons (Fsp3) is 0.500. The van der Waals surface area contributed by atoms with Crippen molar-refractivity contribution in [3.05, 3.63) is 29.8 Å². The summed E-state index contributed by atoms with van der Waals surface area (Å²) in [6.45, 7) is 0.128. The number of nitrogens with one attached hydrogen (secondary N) is 2. The summed E-state index contributed by atoms with van der Waals surface area (Å²) < 4.78 is 0. The van der Waals surface area contributed by atoms with Gasteiger partial charge in [0.1, 0.15) is 23.9 Å². The SMILES string of the molecule is NC(=O)CCC(NC(=O)C(N)Cc1ccc(O)cc1)C(=O)NC(CCC(=O)O)C(=O)N1CCCC1C(=O)O.